The van der Waals surface area contributed by atoms with Gasteiger partial charge in [0.2, 0.25) is 0 Å². The summed E-state index contributed by atoms with van der Waals surface area (Å²) < 4.78 is 12.2. The van der Waals surface area contributed by atoms with Crippen LogP contribution in [0.3, 0.4) is 0 Å². The molecule has 0 radical (unpaired) electrons. The highest BCUT2D eigenvalue weighted by Gasteiger charge is 2.11. The van der Waals surface area contributed by atoms with Crippen LogP contribution in [0.15, 0.2) is 74.4 Å². The van der Waals surface area contributed by atoms with Crippen molar-refractivity contribution in [3.05, 3.63) is 71.8 Å². The molecule has 7 nitrogen and oxygen atoms in total. The van der Waals surface area contributed by atoms with Crippen LogP contribution in [0.2, 0.25) is 0 Å². The van der Waals surface area contributed by atoms with Crippen LogP contribution < -0.4 is 14.9 Å². The highest BCUT2D eigenvalue weighted by molar-refractivity contribution is 8.03. The van der Waals surface area contributed by atoms with Gasteiger partial charge in [-0.25, -0.2) is 5.43 Å². The Morgan fingerprint density at radius 1 is 0.971 bits per heavy atom. The number of hydrogen-bond acceptors (Lipinski definition) is 9. The van der Waals surface area contributed by atoms with Crippen LogP contribution >= 0.6 is 34.9 Å². The van der Waals surface area contributed by atoms with Crippen LogP contribution in [0.25, 0.3) is 10.8 Å². The fourth-order valence-corrected chi connectivity index (χ4v) is 6.12. The average Bonchev–Trinajstić information content (AvgIpc) is 3.36. The van der Waals surface area contributed by atoms with E-state index in [1.165, 1.54) is 39.4 Å². The lowest BCUT2D eigenvalue weighted by atomic mass is 10.1. The third-order valence-electron chi connectivity index (χ3n) is 5.10. The summed E-state index contributed by atoms with van der Waals surface area (Å²) in [7, 11) is 3.16. The number of thioether (sulfide) groups is 2. The van der Waals surface area contributed by atoms with E-state index in [4.69, 9.17) is 9.47 Å². The monoisotopic (exact) mass is 524 g/mol. The zero-order chi connectivity index (χ0) is 24.6. The summed E-state index contributed by atoms with van der Waals surface area (Å²) in [6.07, 6.45) is 0. The van der Waals surface area contributed by atoms with E-state index >= 15 is 0 Å². The number of aromatic nitrogens is 2. The van der Waals surface area contributed by atoms with E-state index in [9.17, 15) is 4.79 Å². The molecule has 1 N–H and O–H groups in total. The second kappa shape index (κ2) is 12.1. The zero-order valence-corrected chi connectivity index (χ0v) is 21.9. The zero-order valence-electron chi connectivity index (χ0n) is 19.5. The summed E-state index contributed by atoms with van der Waals surface area (Å²) in [6, 6.07) is 20.2. The van der Waals surface area contributed by atoms with Gasteiger partial charge in [-0.1, -0.05) is 77.3 Å². The van der Waals surface area contributed by atoms with Crippen LogP contribution in [0.5, 0.6) is 11.5 Å². The van der Waals surface area contributed by atoms with Gasteiger partial charge in [0, 0.05) is 11.3 Å². The summed E-state index contributed by atoms with van der Waals surface area (Å²) in [4.78, 5) is 12.3. The van der Waals surface area contributed by atoms with Crippen LogP contribution in [0, 0.1) is 0 Å². The molecule has 0 spiro atoms. The van der Waals surface area contributed by atoms with Crippen molar-refractivity contribution in [1.29, 1.82) is 0 Å². The van der Waals surface area contributed by atoms with Crippen molar-refractivity contribution in [2.75, 3.05) is 20.0 Å². The first-order valence-electron chi connectivity index (χ1n) is 10.7. The molecule has 0 aliphatic heterocycles. The van der Waals surface area contributed by atoms with Crippen molar-refractivity contribution < 1.29 is 14.3 Å². The number of nitrogens with zero attached hydrogens (tertiary/aromatic N) is 3. The number of methoxy groups -OCH3 is 2. The van der Waals surface area contributed by atoms with Gasteiger partial charge in [0.05, 0.1) is 25.7 Å². The van der Waals surface area contributed by atoms with Crippen molar-refractivity contribution in [2.24, 2.45) is 5.10 Å². The molecule has 0 aliphatic rings. The number of carbonyl (C=O) groups excluding carboxylic acids is 1. The van der Waals surface area contributed by atoms with Gasteiger partial charge in [-0.05, 0) is 41.5 Å². The number of rotatable bonds is 10. The summed E-state index contributed by atoms with van der Waals surface area (Å²) in [5.41, 5.74) is 5.34. The quantitative estimate of drug-likeness (QED) is 0.163. The molecule has 0 atom stereocenters. The van der Waals surface area contributed by atoms with Crippen molar-refractivity contribution >= 4 is 57.3 Å². The molecule has 1 aromatic heterocycles. The molecule has 35 heavy (non-hydrogen) atoms. The number of fused-ring (bicyclic) bond motifs is 1. The van der Waals surface area contributed by atoms with Gasteiger partial charge in [-0.3, -0.25) is 4.79 Å². The van der Waals surface area contributed by atoms with E-state index in [1.54, 1.807) is 32.0 Å². The highest BCUT2D eigenvalue weighted by atomic mass is 32.2. The molecular weight excluding hydrogens is 501 g/mol. The minimum absolute atomic E-state index is 0.200. The maximum atomic E-state index is 12.3. The first kappa shape index (κ1) is 25.0. The number of nitrogens with one attached hydrogen (secondary N) is 1. The van der Waals surface area contributed by atoms with E-state index in [0.29, 0.717) is 17.2 Å². The Balaban J connectivity index is 1.28. The molecule has 4 rings (SSSR count). The van der Waals surface area contributed by atoms with Gasteiger partial charge in [-0.2, -0.15) is 5.10 Å². The van der Waals surface area contributed by atoms with Crippen molar-refractivity contribution in [3.8, 4) is 11.5 Å². The fourth-order valence-electron chi connectivity index (χ4n) is 3.30. The molecule has 0 saturated carbocycles. The first-order chi connectivity index (χ1) is 17.1. The number of hydrazone groups is 1. The molecule has 3 aromatic carbocycles. The van der Waals surface area contributed by atoms with Gasteiger partial charge in [-0.15, -0.1) is 10.2 Å². The van der Waals surface area contributed by atoms with Gasteiger partial charge in [0.25, 0.3) is 5.91 Å². The lowest BCUT2D eigenvalue weighted by Crippen LogP contribution is -2.21. The van der Waals surface area contributed by atoms with Crippen molar-refractivity contribution in [3.63, 3.8) is 0 Å². The summed E-state index contributed by atoms with van der Waals surface area (Å²) >= 11 is 4.49. The Kier molecular flexibility index (Phi) is 8.62. The number of ether oxygens (including phenoxy) is 2. The fraction of sp³-hybridized carbons (Fsp3) is 0.200. The predicted octanol–water partition coefficient (Wildman–Crippen LogP) is 5.63. The number of carbonyl (C=O) groups is 1. The summed E-state index contributed by atoms with van der Waals surface area (Å²) in [5.74, 6) is 2.04. The summed E-state index contributed by atoms with van der Waals surface area (Å²) in [5, 5.41) is 15.2. The second-order valence-corrected chi connectivity index (χ2v) is 10.8. The van der Waals surface area contributed by atoms with Crippen LogP contribution in [0.4, 0.5) is 0 Å². The minimum Gasteiger partial charge on any atom is -0.493 e. The minimum atomic E-state index is -0.213. The topological polar surface area (TPSA) is 85.7 Å². The molecule has 180 valence electrons. The molecule has 0 unspecified atom stereocenters. The molecule has 0 fully saturated rings. The molecule has 0 bridgehead atoms. The molecule has 1 amide bonds. The largest absolute Gasteiger partial charge is 0.493 e. The smallest absolute Gasteiger partial charge is 0.250 e. The number of benzene rings is 3. The van der Waals surface area contributed by atoms with Gasteiger partial charge >= 0.3 is 0 Å². The average molecular weight is 525 g/mol. The van der Waals surface area contributed by atoms with E-state index < -0.39 is 0 Å². The third kappa shape index (κ3) is 6.53. The molecule has 10 heteroatoms. The van der Waals surface area contributed by atoms with Crippen molar-refractivity contribution in [2.45, 2.75) is 21.4 Å². The Hall–Kier alpha value is -3.08. The lowest BCUT2D eigenvalue weighted by molar-refractivity contribution is -0.118. The Morgan fingerprint density at radius 3 is 2.51 bits per heavy atom. The van der Waals surface area contributed by atoms with E-state index in [1.807, 2.05) is 25.1 Å². The van der Waals surface area contributed by atoms with E-state index in [0.717, 1.165) is 20.0 Å². The normalized spacial score (nSPS) is 11.5. The van der Waals surface area contributed by atoms with Crippen LogP contribution in [-0.2, 0) is 10.5 Å². The van der Waals surface area contributed by atoms with Crippen LogP contribution in [0.1, 0.15) is 18.1 Å². The van der Waals surface area contributed by atoms with Crippen LogP contribution in [-0.4, -0.2) is 41.8 Å². The second-order valence-electron chi connectivity index (χ2n) is 7.35. The van der Waals surface area contributed by atoms with Gasteiger partial charge in [0.15, 0.2) is 20.2 Å². The Bertz CT molecular complexity index is 1350. The van der Waals surface area contributed by atoms with Gasteiger partial charge < -0.3 is 9.47 Å². The SMILES string of the molecule is COc1ccc(C(C)=NNC(=O)CSc2nnc(SCc3cccc4ccccc34)s2)cc1OC. The number of amides is 1. The van der Waals surface area contributed by atoms with E-state index in [2.05, 4.69) is 57.1 Å². The molecular formula is C25H24N4O3S3. The Labute approximate surface area is 216 Å². The highest BCUT2D eigenvalue weighted by Crippen LogP contribution is 2.32. The standard InChI is InChI=1S/C25H24N4O3S3/c1-16(18-11-12-21(31-2)22(13-18)32-3)26-27-23(30)15-34-25-29-28-24(35-25)33-14-19-9-6-8-17-7-4-5-10-20(17)19/h4-13H,14-15H2,1-3H3,(H,27,30). The van der Waals surface area contributed by atoms with Crippen molar-refractivity contribution in [1.82, 2.24) is 15.6 Å². The van der Waals surface area contributed by atoms with E-state index in [-0.39, 0.29) is 11.7 Å². The Morgan fingerprint density at radius 2 is 1.71 bits per heavy atom. The predicted molar refractivity (Wildman–Crippen MR) is 144 cm³/mol. The summed E-state index contributed by atoms with van der Waals surface area (Å²) in [6.45, 7) is 1.82. The maximum Gasteiger partial charge on any atom is 0.250 e. The van der Waals surface area contributed by atoms with Gasteiger partial charge in [0.1, 0.15) is 0 Å². The third-order valence-corrected chi connectivity index (χ3v) is 8.33. The first-order valence-corrected chi connectivity index (χ1v) is 13.5. The maximum absolute atomic E-state index is 12.3. The molecule has 4 aromatic rings. The molecule has 0 aliphatic carbocycles. The lowest BCUT2D eigenvalue weighted by Gasteiger charge is -2.09. The molecule has 1 heterocycles. The molecule has 0 saturated heterocycles. The number of hydrogen-bond donors (Lipinski definition) is 1.